The number of allylic oxidation sites excluding steroid dienone is 2. The van der Waals surface area contributed by atoms with Gasteiger partial charge in [0, 0.05) is 0 Å². The Morgan fingerprint density at radius 2 is 1.79 bits per heavy atom. The van der Waals surface area contributed by atoms with E-state index in [0.29, 0.717) is 6.42 Å². The molecule has 2 aliphatic carbocycles. The Kier molecular flexibility index (Phi) is 3.64. The molecule has 4 atom stereocenters. The lowest BCUT2D eigenvalue weighted by Gasteiger charge is -2.22. The van der Waals surface area contributed by atoms with Gasteiger partial charge in [0.15, 0.2) is 0 Å². The van der Waals surface area contributed by atoms with Crippen LogP contribution in [0.3, 0.4) is 0 Å². The minimum atomic E-state index is -4.19. The van der Waals surface area contributed by atoms with Crippen LogP contribution in [-0.2, 0) is 24.4 Å². The highest BCUT2D eigenvalue weighted by Gasteiger charge is 2.52. The monoisotopic (exact) mass is 290 g/mol. The molecule has 0 aromatic heterocycles. The predicted molar refractivity (Wildman–Crippen MR) is 62.7 cm³/mol. The number of carbonyl (C=O) groups excluding carboxylic acids is 1. The maximum absolute atomic E-state index is 11.8. The third-order valence-corrected chi connectivity index (χ3v) is 4.28. The summed E-state index contributed by atoms with van der Waals surface area (Å²) in [4.78, 5) is 23.0. The molecule has 8 heteroatoms. The van der Waals surface area contributed by atoms with Gasteiger partial charge in [-0.1, -0.05) is 12.2 Å². The summed E-state index contributed by atoms with van der Waals surface area (Å²) in [5.74, 6) is -4.36. The van der Waals surface area contributed by atoms with Crippen molar-refractivity contribution in [2.75, 3.05) is 12.4 Å². The second-order valence-corrected chi connectivity index (χ2v) is 6.36. The molecule has 0 radical (unpaired) electrons. The lowest BCUT2D eigenvalue weighted by Crippen LogP contribution is -2.34. The van der Waals surface area contributed by atoms with Crippen molar-refractivity contribution in [3.63, 3.8) is 0 Å². The highest BCUT2D eigenvalue weighted by atomic mass is 32.2. The number of hydrogen-bond donors (Lipinski definition) is 2. The number of hydrogen-bond acceptors (Lipinski definition) is 5. The molecule has 1 saturated carbocycles. The van der Waals surface area contributed by atoms with Crippen LogP contribution in [0, 0.1) is 23.7 Å². The molecular formula is C11H14O7S. The molecule has 0 amide bonds. The first-order valence-corrected chi connectivity index (χ1v) is 7.43. The molecule has 0 aromatic rings. The molecule has 2 N–H and O–H groups in total. The quantitative estimate of drug-likeness (QED) is 0.413. The summed E-state index contributed by atoms with van der Waals surface area (Å²) in [7, 11) is -4.19. The fourth-order valence-electron chi connectivity index (χ4n) is 2.82. The van der Waals surface area contributed by atoms with E-state index in [1.807, 2.05) is 0 Å². The zero-order chi connectivity index (χ0) is 14.2. The van der Waals surface area contributed by atoms with Crippen LogP contribution in [0.15, 0.2) is 12.2 Å². The van der Waals surface area contributed by atoms with Crippen LogP contribution in [-0.4, -0.2) is 42.4 Å². The van der Waals surface area contributed by atoms with Gasteiger partial charge in [0.2, 0.25) is 0 Å². The van der Waals surface area contributed by atoms with Crippen LogP contribution in [0.4, 0.5) is 0 Å². The van der Waals surface area contributed by atoms with Gasteiger partial charge in [-0.15, -0.1) is 0 Å². The average molecular weight is 290 g/mol. The molecule has 7 nitrogen and oxygen atoms in total. The first-order chi connectivity index (χ1) is 8.79. The van der Waals surface area contributed by atoms with Crippen LogP contribution in [0.2, 0.25) is 0 Å². The molecule has 0 aliphatic heterocycles. The summed E-state index contributed by atoms with van der Waals surface area (Å²) in [6.45, 7) is -0.471. The van der Waals surface area contributed by atoms with Gasteiger partial charge in [-0.2, -0.15) is 8.42 Å². The highest BCUT2D eigenvalue weighted by molar-refractivity contribution is 7.85. The number of carboxylic acid groups (broad SMARTS) is 1. The Labute approximate surface area is 110 Å². The zero-order valence-corrected chi connectivity index (χ0v) is 10.7. The van der Waals surface area contributed by atoms with E-state index in [9.17, 15) is 18.0 Å². The van der Waals surface area contributed by atoms with Gasteiger partial charge in [0.25, 0.3) is 10.1 Å². The normalized spacial score (nSPS) is 32.5. The summed E-state index contributed by atoms with van der Waals surface area (Å²) in [6, 6.07) is 0. The maximum Gasteiger partial charge on any atom is 0.310 e. The van der Waals surface area contributed by atoms with Crippen LogP contribution < -0.4 is 0 Å². The smallest absolute Gasteiger partial charge is 0.310 e. The van der Waals surface area contributed by atoms with Gasteiger partial charge in [-0.05, 0) is 18.3 Å². The van der Waals surface area contributed by atoms with Crippen LogP contribution >= 0.6 is 0 Å². The Morgan fingerprint density at radius 3 is 2.32 bits per heavy atom. The first kappa shape index (κ1) is 14.0. The average Bonchev–Trinajstić information content (AvgIpc) is 2.85. The van der Waals surface area contributed by atoms with E-state index in [-0.39, 0.29) is 11.8 Å². The van der Waals surface area contributed by atoms with E-state index in [1.54, 1.807) is 12.2 Å². The van der Waals surface area contributed by atoms with E-state index >= 15 is 0 Å². The van der Waals surface area contributed by atoms with Gasteiger partial charge >= 0.3 is 11.9 Å². The standard InChI is InChI=1S/C11H14O7S/c12-10(13)8-6-1-2-7(5-6)9(8)11(14)18-3-4-19(15,16)17/h1-2,6-9H,3-5H2,(H,12,13)(H,15,16,17)/t6-,7?,8?,9?/m1/s1. The van der Waals surface area contributed by atoms with E-state index in [4.69, 9.17) is 14.4 Å². The highest BCUT2D eigenvalue weighted by Crippen LogP contribution is 2.48. The molecule has 0 saturated heterocycles. The number of rotatable bonds is 5. The summed E-state index contributed by atoms with van der Waals surface area (Å²) in [5, 5.41) is 9.13. The molecule has 2 bridgehead atoms. The Balaban J connectivity index is 1.99. The SMILES string of the molecule is O=C(OCCS(=O)(=O)O)C1C2C=C[C@H](C2)C1C(=O)O. The minimum Gasteiger partial charge on any atom is -0.481 e. The Bertz CT molecular complexity index is 521. The van der Waals surface area contributed by atoms with Gasteiger partial charge in [0.05, 0.1) is 11.8 Å². The first-order valence-electron chi connectivity index (χ1n) is 5.82. The van der Waals surface area contributed by atoms with Gasteiger partial charge in [-0.3, -0.25) is 14.1 Å². The summed E-state index contributed by atoms with van der Waals surface area (Å²) < 4.78 is 34.3. The molecule has 0 aromatic carbocycles. The Hall–Kier alpha value is -1.41. The van der Waals surface area contributed by atoms with E-state index in [2.05, 4.69) is 0 Å². The minimum absolute atomic E-state index is 0.163. The molecule has 1 fully saturated rings. The second kappa shape index (κ2) is 4.93. The van der Waals surface area contributed by atoms with Crippen LogP contribution in [0.25, 0.3) is 0 Å². The molecule has 106 valence electrons. The number of fused-ring (bicyclic) bond motifs is 2. The number of aliphatic carboxylic acids is 1. The van der Waals surface area contributed by atoms with Crippen molar-refractivity contribution in [1.29, 1.82) is 0 Å². The van der Waals surface area contributed by atoms with Crippen molar-refractivity contribution in [3.05, 3.63) is 12.2 Å². The molecule has 3 unspecified atom stereocenters. The summed E-state index contributed by atoms with van der Waals surface area (Å²) in [6.07, 6.45) is 4.21. The van der Waals surface area contributed by atoms with Crippen molar-refractivity contribution in [3.8, 4) is 0 Å². The van der Waals surface area contributed by atoms with Crippen molar-refractivity contribution in [2.45, 2.75) is 6.42 Å². The molecular weight excluding hydrogens is 276 g/mol. The summed E-state index contributed by atoms with van der Waals surface area (Å²) in [5.41, 5.74) is 0. The number of esters is 1. The Morgan fingerprint density at radius 1 is 1.21 bits per heavy atom. The lowest BCUT2D eigenvalue weighted by atomic mass is 9.83. The van der Waals surface area contributed by atoms with E-state index < -0.39 is 46.3 Å². The van der Waals surface area contributed by atoms with Gasteiger partial charge in [0.1, 0.15) is 12.4 Å². The lowest BCUT2D eigenvalue weighted by molar-refractivity contribution is -0.157. The summed E-state index contributed by atoms with van der Waals surface area (Å²) >= 11 is 0. The number of ether oxygens (including phenoxy) is 1. The maximum atomic E-state index is 11.8. The van der Waals surface area contributed by atoms with Gasteiger partial charge in [-0.25, -0.2) is 0 Å². The van der Waals surface area contributed by atoms with Crippen molar-refractivity contribution >= 4 is 22.1 Å². The topological polar surface area (TPSA) is 118 Å². The van der Waals surface area contributed by atoms with E-state index in [0.717, 1.165) is 0 Å². The van der Waals surface area contributed by atoms with Crippen molar-refractivity contribution in [1.82, 2.24) is 0 Å². The zero-order valence-electron chi connectivity index (χ0n) is 9.93. The third kappa shape index (κ3) is 2.95. The second-order valence-electron chi connectivity index (χ2n) is 4.79. The fraction of sp³-hybridized carbons (Fsp3) is 0.636. The van der Waals surface area contributed by atoms with Gasteiger partial charge < -0.3 is 9.84 Å². The largest absolute Gasteiger partial charge is 0.481 e. The molecule has 0 spiro atoms. The van der Waals surface area contributed by atoms with Crippen LogP contribution in [0.1, 0.15) is 6.42 Å². The molecule has 0 heterocycles. The fourth-order valence-corrected chi connectivity index (χ4v) is 3.12. The molecule has 2 rings (SSSR count). The van der Waals surface area contributed by atoms with E-state index in [1.165, 1.54) is 0 Å². The molecule has 2 aliphatic rings. The third-order valence-electron chi connectivity index (χ3n) is 3.60. The molecule has 19 heavy (non-hydrogen) atoms. The van der Waals surface area contributed by atoms with Crippen molar-refractivity contribution < 1.29 is 32.4 Å². The predicted octanol–water partition coefficient (Wildman–Crippen LogP) is -0.0597. The van der Waals surface area contributed by atoms with Crippen molar-refractivity contribution in [2.24, 2.45) is 23.7 Å². The number of carbonyl (C=O) groups is 2. The van der Waals surface area contributed by atoms with Crippen LogP contribution in [0.5, 0.6) is 0 Å². The number of carboxylic acids is 1.